The molecule has 1 atom stereocenters. The monoisotopic (exact) mass is 510 g/mol. The van der Waals surface area contributed by atoms with Gasteiger partial charge in [-0.3, -0.25) is 4.79 Å². The molecular weight excluding hydrogens is 491 g/mol. The number of amides is 1. The van der Waals surface area contributed by atoms with Crippen LogP contribution in [-0.4, -0.2) is 45.5 Å². The summed E-state index contributed by atoms with van der Waals surface area (Å²) < 4.78 is 0.902. The van der Waals surface area contributed by atoms with Crippen LogP contribution in [0.25, 0.3) is 0 Å². The highest BCUT2D eigenvalue weighted by Crippen LogP contribution is 2.31. The lowest BCUT2D eigenvalue weighted by atomic mass is 10.1. The Bertz CT molecular complexity index is 880. The number of aromatic nitrogens is 2. The van der Waals surface area contributed by atoms with Crippen LogP contribution in [-0.2, 0) is 0 Å². The van der Waals surface area contributed by atoms with Gasteiger partial charge in [-0.2, -0.15) is 4.99 Å². The second kappa shape index (κ2) is 9.42. The summed E-state index contributed by atoms with van der Waals surface area (Å²) in [5.41, 5.74) is 6.06. The molecule has 1 aliphatic rings. The molecule has 7 nitrogen and oxygen atoms in total. The first-order chi connectivity index (χ1) is 13.5. The van der Waals surface area contributed by atoms with Crippen LogP contribution in [0.15, 0.2) is 46.6 Å². The summed E-state index contributed by atoms with van der Waals surface area (Å²) in [6.45, 7) is 2.50. The second-order valence-corrected chi connectivity index (χ2v) is 8.21. The van der Waals surface area contributed by atoms with E-state index in [4.69, 9.17) is 17.3 Å². The molecule has 1 fully saturated rings. The summed E-state index contributed by atoms with van der Waals surface area (Å²) in [6.07, 6.45) is 6.58. The van der Waals surface area contributed by atoms with Gasteiger partial charge >= 0.3 is 0 Å². The number of nitrogens with zero attached hydrogens (tertiary/aromatic N) is 5. The molecule has 0 bridgehead atoms. The van der Waals surface area contributed by atoms with Crippen LogP contribution in [0.5, 0.6) is 0 Å². The molecule has 9 heteroatoms. The molecule has 1 aliphatic carbocycles. The fourth-order valence-electron chi connectivity index (χ4n) is 2.74. The van der Waals surface area contributed by atoms with Crippen LogP contribution in [0, 0.1) is 9.49 Å². The summed E-state index contributed by atoms with van der Waals surface area (Å²) in [6, 6.07) is 6.62. The Hall–Kier alpha value is -2.07. The second-order valence-electron chi connectivity index (χ2n) is 6.53. The summed E-state index contributed by atoms with van der Waals surface area (Å²) in [4.78, 5) is 31.9. The lowest BCUT2D eigenvalue weighted by Gasteiger charge is -2.29. The minimum absolute atomic E-state index is 0.117. The Morgan fingerprint density at radius 2 is 2.11 bits per heavy atom. The number of rotatable bonds is 6. The number of hydrogen-bond donors (Lipinski definition) is 1. The Kier molecular flexibility index (Phi) is 6.95. The van der Waals surface area contributed by atoms with Gasteiger partial charge in [0.1, 0.15) is 0 Å². The fourth-order valence-corrected chi connectivity index (χ4v) is 3.83. The van der Waals surface area contributed by atoms with E-state index in [2.05, 4.69) is 42.5 Å². The van der Waals surface area contributed by atoms with Crippen LogP contribution in [0.4, 0.5) is 5.95 Å². The van der Waals surface area contributed by atoms with E-state index in [1.165, 1.54) is 6.34 Å². The molecule has 1 amide bonds. The molecule has 1 aromatic carbocycles. The smallest absolute Gasteiger partial charge is 0.254 e. The lowest BCUT2D eigenvalue weighted by molar-refractivity contribution is 0.0725. The number of nitrogens with two attached hydrogens (primary N) is 1. The van der Waals surface area contributed by atoms with Crippen molar-refractivity contribution in [2.75, 3.05) is 6.54 Å². The van der Waals surface area contributed by atoms with Crippen LogP contribution in [0.3, 0.4) is 0 Å². The number of hydrogen-bond acceptors (Lipinski definition) is 4. The van der Waals surface area contributed by atoms with Gasteiger partial charge in [-0.1, -0.05) is 11.6 Å². The van der Waals surface area contributed by atoms with Crippen LogP contribution >= 0.6 is 34.2 Å². The molecule has 2 N–H and O–H groups in total. The van der Waals surface area contributed by atoms with Crippen molar-refractivity contribution in [1.29, 1.82) is 0 Å². The molecule has 0 aliphatic heterocycles. The number of aliphatic imine (C=N–C) groups is 2. The SMILES string of the molecule is CC(C(N=CN)=Nc1ncccn1)N(CC1CC1)C(=O)c1cc(Cl)cc(I)c1. The number of benzene rings is 1. The van der Waals surface area contributed by atoms with E-state index in [0.29, 0.717) is 28.9 Å². The maximum absolute atomic E-state index is 13.3. The third-order valence-corrected chi connectivity index (χ3v) is 5.18. The van der Waals surface area contributed by atoms with Crippen molar-refractivity contribution < 1.29 is 4.79 Å². The Morgan fingerprint density at radius 3 is 2.71 bits per heavy atom. The molecule has 1 heterocycles. The first-order valence-electron chi connectivity index (χ1n) is 8.85. The van der Waals surface area contributed by atoms with Crippen LogP contribution in [0.2, 0.25) is 5.02 Å². The van der Waals surface area contributed by atoms with E-state index in [-0.39, 0.29) is 11.9 Å². The summed E-state index contributed by atoms with van der Waals surface area (Å²) in [5.74, 6) is 1.01. The van der Waals surface area contributed by atoms with Crippen molar-refractivity contribution >= 4 is 58.2 Å². The first kappa shape index (κ1) is 20.7. The zero-order valence-corrected chi connectivity index (χ0v) is 18.2. The highest BCUT2D eigenvalue weighted by atomic mass is 127. The molecule has 146 valence electrons. The zero-order valence-electron chi connectivity index (χ0n) is 15.3. The minimum Gasteiger partial charge on any atom is -0.390 e. The van der Waals surface area contributed by atoms with Crippen LogP contribution in [0.1, 0.15) is 30.1 Å². The molecule has 1 unspecified atom stereocenters. The summed E-state index contributed by atoms with van der Waals surface area (Å²) in [7, 11) is 0. The average molecular weight is 511 g/mol. The molecule has 0 radical (unpaired) electrons. The predicted octanol–water partition coefficient (Wildman–Crippen LogP) is 3.69. The van der Waals surface area contributed by atoms with Crippen molar-refractivity contribution in [1.82, 2.24) is 14.9 Å². The predicted molar refractivity (Wildman–Crippen MR) is 119 cm³/mol. The van der Waals surface area contributed by atoms with Gasteiger partial charge in [-0.05, 0) is 72.5 Å². The molecule has 0 saturated heterocycles. The van der Waals surface area contributed by atoms with E-state index in [1.807, 2.05) is 19.1 Å². The molecular formula is C19H20ClIN6O. The molecule has 1 saturated carbocycles. The van der Waals surface area contributed by atoms with E-state index in [1.54, 1.807) is 29.4 Å². The van der Waals surface area contributed by atoms with Crippen molar-refractivity contribution in [3.05, 3.63) is 50.8 Å². The van der Waals surface area contributed by atoms with Gasteiger partial charge in [-0.15, -0.1) is 0 Å². The van der Waals surface area contributed by atoms with Crippen molar-refractivity contribution in [2.24, 2.45) is 21.6 Å². The average Bonchev–Trinajstić information content (AvgIpc) is 3.49. The van der Waals surface area contributed by atoms with E-state index in [9.17, 15) is 4.79 Å². The van der Waals surface area contributed by atoms with Crippen molar-refractivity contribution in [3.8, 4) is 0 Å². The number of carbonyl (C=O) groups is 1. The van der Waals surface area contributed by atoms with Gasteiger partial charge in [0.2, 0.25) is 0 Å². The van der Waals surface area contributed by atoms with Gasteiger partial charge in [-0.25, -0.2) is 15.0 Å². The lowest BCUT2D eigenvalue weighted by Crippen LogP contribution is -2.44. The molecule has 1 aromatic heterocycles. The number of amidine groups is 1. The zero-order chi connectivity index (χ0) is 20.1. The number of halogens is 2. The summed E-state index contributed by atoms with van der Waals surface area (Å²) >= 11 is 8.31. The largest absolute Gasteiger partial charge is 0.390 e. The van der Waals surface area contributed by atoms with Gasteiger partial charge in [0.15, 0.2) is 5.84 Å². The van der Waals surface area contributed by atoms with E-state index < -0.39 is 6.04 Å². The normalized spacial score (nSPS) is 15.6. The maximum atomic E-state index is 13.3. The summed E-state index contributed by atoms with van der Waals surface area (Å²) in [5, 5.41) is 0.529. The number of carbonyl (C=O) groups excluding carboxylic acids is 1. The van der Waals surface area contributed by atoms with Gasteiger partial charge in [0.05, 0.1) is 12.4 Å². The van der Waals surface area contributed by atoms with Gasteiger partial charge < -0.3 is 10.6 Å². The Labute approximate surface area is 182 Å². The minimum atomic E-state index is -0.409. The third kappa shape index (κ3) is 5.48. The Morgan fingerprint density at radius 1 is 1.39 bits per heavy atom. The van der Waals surface area contributed by atoms with Gasteiger partial charge in [0.25, 0.3) is 11.9 Å². The maximum Gasteiger partial charge on any atom is 0.254 e. The Balaban J connectivity index is 1.94. The van der Waals surface area contributed by atoms with Gasteiger partial charge in [0, 0.05) is 33.1 Å². The van der Waals surface area contributed by atoms with Crippen LogP contribution < -0.4 is 5.73 Å². The van der Waals surface area contributed by atoms with Crippen molar-refractivity contribution in [2.45, 2.75) is 25.8 Å². The molecule has 2 aromatic rings. The highest BCUT2D eigenvalue weighted by molar-refractivity contribution is 14.1. The van der Waals surface area contributed by atoms with E-state index >= 15 is 0 Å². The molecule has 28 heavy (non-hydrogen) atoms. The van der Waals surface area contributed by atoms with Crippen molar-refractivity contribution in [3.63, 3.8) is 0 Å². The standard InChI is InChI=1S/C19H20ClIN6O/c1-12(17(25-11-22)26-19-23-5-2-6-24-19)27(10-13-3-4-13)18(28)14-7-15(20)9-16(21)8-14/h2,5-9,11-13H,3-4,10H2,1H3,(H2,22,23,24,25,26). The topological polar surface area (TPSA) is 96.8 Å². The first-order valence-corrected chi connectivity index (χ1v) is 10.3. The molecule has 3 rings (SSSR count). The fraction of sp³-hybridized carbons (Fsp3) is 0.316. The van der Waals surface area contributed by atoms with E-state index in [0.717, 1.165) is 16.4 Å². The highest BCUT2D eigenvalue weighted by Gasteiger charge is 2.32. The third-order valence-electron chi connectivity index (χ3n) is 4.34. The quantitative estimate of drug-likeness (QED) is 0.364. The molecule has 0 spiro atoms.